The van der Waals surface area contributed by atoms with Gasteiger partial charge in [0.2, 0.25) is 0 Å². The topological polar surface area (TPSA) is 45.1 Å². The Bertz CT molecular complexity index is 565. The lowest BCUT2D eigenvalue weighted by atomic mass is 10.0. The predicted molar refractivity (Wildman–Crippen MR) is 74.2 cm³/mol. The molecule has 0 aliphatic carbocycles. The number of anilines is 1. The van der Waals surface area contributed by atoms with E-state index in [1.165, 1.54) is 5.56 Å². The zero-order valence-corrected chi connectivity index (χ0v) is 11.1. The van der Waals surface area contributed by atoms with Crippen molar-refractivity contribution in [3.63, 3.8) is 0 Å². The van der Waals surface area contributed by atoms with Gasteiger partial charge in [0.1, 0.15) is 0 Å². The van der Waals surface area contributed by atoms with Gasteiger partial charge >= 0.3 is 0 Å². The predicted octanol–water partition coefficient (Wildman–Crippen LogP) is 2.70. The highest BCUT2D eigenvalue weighted by Crippen LogP contribution is 2.32. The van der Waals surface area contributed by atoms with Crippen molar-refractivity contribution < 1.29 is 5.11 Å². The summed E-state index contributed by atoms with van der Waals surface area (Å²) in [5.74, 6) is 0. The quantitative estimate of drug-likeness (QED) is 0.892. The highest BCUT2D eigenvalue weighted by molar-refractivity contribution is 7.09. The van der Waals surface area contributed by atoms with Crippen LogP contribution in [0.2, 0.25) is 0 Å². The van der Waals surface area contributed by atoms with Gasteiger partial charge in [-0.2, -0.15) is 0 Å². The zero-order valence-electron chi connectivity index (χ0n) is 10.3. The van der Waals surface area contributed by atoms with Crippen LogP contribution in [0.15, 0.2) is 23.6 Å². The Morgan fingerprint density at radius 3 is 3.17 bits per heavy atom. The Morgan fingerprint density at radius 1 is 1.50 bits per heavy atom. The van der Waals surface area contributed by atoms with Gasteiger partial charge in [-0.25, -0.2) is 4.98 Å². The van der Waals surface area contributed by atoms with Crippen LogP contribution in [0.25, 0.3) is 0 Å². The number of thiazole rings is 1. The van der Waals surface area contributed by atoms with Gasteiger partial charge in [0.15, 0.2) is 0 Å². The molecule has 0 saturated heterocycles. The van der Waals surface area contributed by atoms with Gasteiger partial charge < -0.3 is 10.4 Å². The number of aromatic nitrogens is 1. The van der Waals surface area contributed by atoms with E-state index in [1.54, 1.807) is 11.3 Å². The molecule has 94 valence electrons. The molecule has 0 amide bonds. The van der Waals surface area contributed by atoms with E-state index in [-0.39, 0.29) is 0 Å². The fourth-order valence-corrected chi connectivity index (χ4v) is 3.23. The highest BCUT2D eigenvalue weighted by Gasteiger charge is 2.19. The molecule has 0 fully saturated rings. The van der Waals surface area contributed by atoms with Crippen molar-refractivity contribution in [3.8, 4) is 0 Å². The third kappa shape index (κ3) is 2.13. The second-order valence-corrected chi connectivity index (χ2v) is 5.60. The Labute approximate surface area is 111 Å². The van der Waals surface area contributed by atoms with E-state index in [2.05, 4.69) is 16.4 Å². The van der Waals surface area contributed by atoms with E-state index in [0.717, 1.165) is 34.9 Å². The van der Waals surface area contributed by atoms with Gasteiger partial charge in [0.25, 0.3) is 0 Å². The summed E-state index contributed by atoms with van der Waals surface area (Å²) in [6, 6.07) is 6.15. The molecule has 0 spiro atoms. The molecular formula is C14H16N2OS. The smallest absolute Gasteiger partial charge is 0.0957 e. The minimum Gasteiger partial charge on any atom is -0.388 e. The molecule has 0 radical (unpaired) electrons. The Kier molecular flexibility index (Phi) is 3.06. The maximum atomic E-state index is 10.4. The first-order chi connectivity index (χ1) is 8.74. The maximum Gasteiger partial charge on any atom is 0.0957 e. The van der Waals surface area contributed by atoms with Crippen molar-refractivity contribution in [2.24, 2.45) is 0 Å². The number of rotatable bonds is 3. The summed E-state index contributed by atoms with van der Waals surface area (Å²) in [6.45, 7) is 2.95. The number of nitrogens with zero attached hydrogens (tertiary/aromatic N) is 1. The number of hydrogen-bond donors (Lipinski definition) is 2. The summed E-state index contributed by atoms with van der Waals surface area (Å²) in [4.78, 5) is 4.41. The molecule has 2 aromatic rings. The maximum absolute atomic E-state index is 10.4. The molecule has 1 unspecified atom stereocenters. The average Bonchev–Trinajstić information content (AvgIpc) is 2.97. The van der Waals surface area contributed by atoms with Crippen LogP contribution in [-0.4, -0.2) is 16.6 Å². The summed E-state index contributed by atoms with van der Waals surface area (Å²) in [7, 11) is 0. The second-order valence-electron chi connectivity index (χ2n) is 4.66. The molecule has 3 rings (SSSR count). The third-order valence-electron chi connectivity index (χ3n) is 3.27. The number of nitrogens with one attached hydrogen (secondary N) is 1. The van der Waals surface area contributed by atoms with Crippen molar-refractivity contribution in [3.05, 3.63) is 45.4 Å². The van der Waals surface area contributed by atoms with E-state index >= 15 is 0 Å². The van der Waals surface area contributed by atoms with Crippen LogP contribution in [0.4, 0.5) is 5.69 Å². The number of para-hydroxylation sites is 1. The highest BCUT2D eigenvalue weighted by atomic mass is 32.1. The van der Waals surface area contributed by atoms with E-state index in [1.807, 2.05) is 24.4 Å². The van der Waals surface area contributed by atoms with Crippen molar-refractivity contribution >= 4 is 17.0 Å². The Morgan fingerprint density at radius 2 is 2.39 bits per heavy atom. The number of fused-ring (bicyclic) bond motifs is 1. The molecule has 0 saturated carbocycles. The molecule has 1 aromatic carbocycles. The van der Waals surface area contributed by atoms with Gasteiger partial charge in [-0.1, -0.05) is 18.2 Å². The minimum atomic E-state index is -0.476. The summed E-state index contributed by atoms with van der Waals surface area (Å²) >= 11 is 1.61. The van der Waals surface area contributed by atoms with Gasteiger partial charge in [-0.15, -0.1) is 11.3 Å². The number of benzene rings is 1. The van der Waals surface area contributed by atoms with E-state index in [0.29, 0.717) is 6.42 Å². The Balaban J connectivity index is 1.84. The monoisotopic (exact) mass is 260 g/mol. The zero-order chi connectivity index (χ0) is 12.5. The molecule has 1 aliphatic heterocycles. The SMILES string of the molecule is Cc1csc(CC(O)c2cccc3c2NCC3)n1. The molecule has 3 nitrogen and oxygen atoms in total. The first kappa shape index (κ1) is 11.7. The normalized spacial score (nSPS) is 15.2. The van der Waals surface area contributed by atoms with Crippen LogP contribution < -0.4 is 5.32 Å². The number of aryl methyl sites for hydroxylation is 1. The standard InChI is InChI=1S/C14H16N2OS/c1-9-8-18-13(16-9)7-12(17)11-4-2-3-10-5-6-15-14(10)11/h2-4,8,12,15,17H,5-7H2,1H3. The van der Waals surface area contributed by atoms with E-state index in [9.17, 15) is 5.11 Å². The largest absolute Gasteiger partial charge is 0.388 e. The van der Waals surface area contributed by atoms with E-state index in [4.69, 9.17) is 0 Å². The third-order valence-corrected chi connectivity index (χ3v) is 4.26. The van der Waals surface area contributed by atoms with Crippen molar-refractivity contribution in [1.29, 1.82) is 0 Å². The van der Waals surface area contributed by atoms with Crippen molar-refractivity contribution in [1.82, 2.24) is 4.98 Å². The van der Waals surface area contributed by atoms with Gasteiger partial charge in [-0.05, 0) is 18.9 Å². The molecule has 1 atom stereocenters. The van der Waals surface area contributed by atoms with Crippen LogP contribution in [0, 0.1) is 6.92 Å². The van der Waals surface area contributed by atoms with Crippen LogP contribution in [-0.2, 0) is 12.8 Å². The van der Waals surface area contributed by atoms with Gasteiger partial charge in [-0.3, -0.25) is 0 Å². The number of aliphatic hydroxyl groups is 1. The summed E-state index contributed by atoms with van der Waals surface area (Å²) in [5.41, 5.74) is 4.46. The average molecular weight is 260 g/mol. The fourth-order valence-electron chi connectivity index (χ4n) is 2.42. The Hall–Kier alpha value is -1.39. The van der Waals surface area contributed by atoms with E-state index < -0.39 is 6.10 Å². The number of aliphatic hydroxyl groups excluding tert-OH is 1. The van der Waals surface area contributed by atoms with Crippen molar-refractivity contribution in [2.45, 2.75) is 25.9 Å². The fraction of sp³-hybridized carbons (Fsp3) is 0.357. The van der Waals surface area contributed by atoms with Gasteiger partial charge in [0, 0.05) is 35.3 Å². The molecule has 4 heteroatoms. The summed E-state index contributed by atoms with van der Waals surface area (Å²) in [6.07, 6.45) is 1.17. The first-order valence-corrected chi connectivity index (χ1v) is 7.07. The van der Waals surface area contributed by atoms with Crippen LogP contribution in [0.5, 0.6) is 0 Å². The van der Waals surface area contributed by atoms with Gasteiger partial charge in [0.05, 0.1) is 11.1 Å². The molecule has 1 aromatic heterocycles. The molecule has 1 aliphatic rings. The first-order valence-electron chi connectivity index (χ1n) is 6.19. The van der Waals surface area contributed by atoms with Crippen LogP contribution in [0.1, 0.15) is 27.9 Å². The lowest BCUT2D eigenvalue weighted by molar-refractivity contribution is 0.179. The van der Waals surface area contributed by atoms with Crippen LogP contribution >= 0.6 is 11.3 Å². The van der Waals surface area contributed by atoms with Crippen LogP contribution in [0.3, 0.4) is 0 Å². The molecule has 0 bridgehead atoms. The van der Waals surface area contributed by atoms with Crippen molar-refractivity contribution in [2.75, 3.05) is 11.9 Å². The summed E-state index contributed by atoms with van der Waals surface area (Å²) < 4.78 is 0. The lowest BCUT2D eigenvalue weighted by Crippen LogP contribution is -2.05. The molecular weight excluding hydrogens is 244 g/mol. The lowest BCUT2D eigenvalue weighted by Gasteiger charge is -2.14. The summed E-state index contributed by atoms with van der Waals surface area (Å²) in [5, 5.41) is 16.8. The minimum absolute atomic E-state index is 0.476. The molecule has 2 N–H and O–H groups in total. The number of hydrogen-bond acceptors (Lipinski definition) is 4. The molecule has 2 heterocycles. The second kappa shape index (κ2) is 4.71. The molecule has 18 heavy (non-hydrogen) atoms.